The van der Waals surface area contributed by atoms with E-state index in [1.54, 1.807) is 18.2 Å². The molecule has 1 heterocycles. The Morgan fingerprint density at radius 2 is 1.89 bits per heavy atom. The van der Waals surface area contributed by atoms with E-state index in [9.17, 15) is 9.18 Å². The molecule has 3 nitrogen and oxygen atoms in total. The van der Waals surface area contributed by atoms with Crippen LogP contribution < -0.4 is 5.32 Å². The smallest absolute Gasteiger partial charge is 0.230 e. The molecule has 3 rings (SSSR count). The van der Waals surface area contributed by atoms with Crippen molar-refractivity contribution in [1.29, 1.82) is 0 Å². The highest BCUT2D eigenvalue weighted by molar-refractivity contribution is 5.96. The van der Waals surface area contributed by atoms with Crippen molar-refractivity contribution in [2.24, 2.45) is 11.3 Å². The largest absolute Gasteiger partial charge is 0.324 e. The summed E-state index contributed by atoms with van der Waals surface area (Å²) in [5.41, 5.74) is 1.48. The number of halogens is 1. The Morgan fingerprint density at radius 3 is 2.59 bits per heavy atom. The molecule has 27 heavy (non-hydrogen) atoms. The minimum absolute atomic E-state index is 0.0439. The van der Waals surface area contributed by atoms with Gasteiger partial charge in [-0.05, 0) is 36.5 Å². The first-order valence-corrected chi connectivity index (χ1v) is 9.27. The number of amides is 1. The molecule has 1 amide bonds. The van der Waals surface area contributed by atoms with Crippen LogP contribution >= 0.6 is 0 Å². The summed E-state index contributed by atoms with van der Waals surface area (Å²) in [5.74, 6) is -0.0232. The molecule has 0 fully saturated rings. The Balaban J connectivity index is 1.85. The molecule has 0 unspecified atom stereocenters. The molecule has 0 spiro atoms. The summed E-state index contributed by atoms with van der Waals surface area (Å²) in [6.07, 6.45) is 2.94. The van der Waals surface area contributed by atoms with E-state index >= 15 is 0 Å². The fraction of sp³-hybridized carbons (Fsp3) is 0.304. The zero-order chi connectivity index (χ0) is 19.4. The second-order valence-electron chi connectivity index (χ2n) is 7.81. The summed E-state index contributed by atoms with van der Waals surface area (Å²) in [6.45, 7) is 6.25. The molecule has 0 radical (unpaired) electrons. The van der Waals surface area contributed by atoms with Gasteiger partial charge >= 0.3 is 0 Å². The molecule has 3 aromatic rings. The minimum atomic E-state index is -0.549. The quantitative estimate of drug-likeness (QED) is 0.618. The average molecular weight is 364 g/mol. The van der Waals surface area contributed by atoms with Crippen molar-refractivity contribution in [3.8, 4) is 0 Å². The molecule has 0 bridgehead atoms. The van der Waals surface area contributed by atoms with Crippen LogP contribution in [-0.2, 0) is 11.2 Å². The minimum Gasteiger partial charge on any atom is -0.324 e. The molecule has 0 saturated heterocycles. The number of hydrogen-bond acceptors (Lipinski definition) is 2. The van der Waals surface area contributed by atoms with Gasteiger partial charge in [0, 0.05) is 5.39 Å². The van der Waals surface area contributed by atoms with Crippen molar-refractivity contribution in [2.45, 2.75) is 33.6 Å². The van der Waals surface area contributed by atoms with E-state index in [1.165, 1.54) is 12.3 Å². The molecule has 0 aliphatic carbocycles. The number of para-hydroxylation sites is 1. The highest BCUT2D eigenvalue weighted by Gasteiger charge is 2.34. The molecule has 0 aliphatic heterocycles. The predicted molar refractivity (Wildman–Crippen MR) is 108 cm³/mol. The van der Waals surface area contributed by atoms with Crippen molar-refractivity contribution in [3.05, 3.63) is 72.2 Å². The number of nitrogens with one attached hydrogen (secondary N) is 1. The van der Waals surface area contributed by atoms with Crippen LogP contribution in [0.2, 0.25) is 0 Å². The summed E-state index contributed by atoms with van der Waals surface area (Å²) < 4.78 is 13.8. The van der Waals surface area contributed by atoms with E-state index in [-0.39, 0.29) is 11.7 Å². The lowest BCUT2D eigenvalue weighted by Crippen LogP contribution is -2.36. The van der Waals surface area contributed by atoms with Gasteiger partial charge in [-0.2, -0.15) is 0 Å². The van der Waals surface area contributed by atoms with Gasteiger partial charge in [0.1, 0.15) is 11.3 Å². The maximum atomic E-state index is 13.8. The van der Waals surface area contributed by atoms with Crippen LogP contribution in [0.4, 0.5) is 10.1 Å². The Labute approximate surface area is 159 Å². The number of hydrogen-bond donors (Lipinski definition) is 1. The topological polar surface area (TPSA) is 42.0 Å². The first-order chi connectivity index (χ1) is 12.9. The third kappa shape index (κ3) is 4.51. The molecular weight excluding hydrogens is 339 g/mol. The van der Waals surface area contributed by atoms with Crippen LogP contribution in [0.15, 0.2) is 60.8 Å². The Bertz CT molecular complexity index is 940. The zero-order valence-electron chi connectivity index (χ0n) is 16.0. The van der Waals surface area contributed by atoms with Gasteiger partial charge in [-0.15, -0.1) is 0 Å². The molecule has 140 valence electrons. The lowest BCUT2D eigenvalue weighted by atomic mass is 9.76. The van der Waals surface area contributed by atoms with Gasteiger partial charge in [0.25, 0.3) is 0 Å². The van der Waals surface area contributed by atoms with Gasteiger partial charge in [-0.1, -0.05) is 63.2 Å². The number of fused-ring (bicyclic) bond motifs is 1. The van der Waals surface area contributed by atoms with Crippen molar-refractivity contribution in [3.63, 3.8) is 0 Å². The Hall–Kier alpha value is -2.75. The molecule has 4 heteroatoms. The second-order valence-corrected chi connectivity index (χ2v) is 7.81. The summed E-state index contributed by atoms with van der Waals surface area (Å²) in [5, 5.41) is 3.66. The van der Waals surface area contributed by atoms with Gasteiger partial charge in [0.05, 0.1) is 17.3 Å². The van der Waals surface area contributed by atoms with Crippen LogP contribution in [0, 0.1) is 17.2 Å². The van der Waals surface area contributed by atoms with Crippen LogP contribution in [0.25, 0.3) is 10.9 Å². The van der Waals surface area contributed by atoms with Crippen LogP contribution in [0.3, 0.4) is 0 Å². The number of carbonyl (C=O) groups excluding carboxylic acids is 1. The average Bonchev–Trinajstić information content (AvgIpc) is 2.62. The molecule has 1 aromatic heterocycles. The number of carbonyl (C=O) groups is 1. The first kappa shape index (κ1) is 19.0. The standard InChI is InChI=1S/C23H25FN2O/c1-16(2)13-23(3,14-17-8-5-4-6-9-17)22(27)26-19-12-18-10-7-11-20(24)21(18)25-15-19/h4-12,15-16H,13-14H2,1-3H3,(H,26,27)/t23-/m1/s1. The highest BCUT2D eigenvalue weighted by Crippen LogP contribution is 2.32. The predicted octanol–water partition coefficient (Wildman–Crippen LogP) is 5.61. The second kappa shape index (κ2) is 7.87. The number of nitrogens with zero attached hydrogens (tertiary/aromatic N) is 1. The molecule has 1 atom stereocenters. The van der Waals surface area contributed by atoms with E-state index < -0.39 is 5.41 Å². The van der Waals surface area contributed by atoms with Crippen molar-refractivity contribution >= 4 is 22.5 Å². The normalized spacial score (nSPS) is 13.5. The lowest BCUT2D eigenvalue weighted by molar-refractivity contribution is -0.125. The number of anilines is 1. The van der Waals surface area contributed by atoms with Gasteiger partial charge in [0.15, 0.2) is 0 Å². The van der Waals surface area contributed by atoms with E-state index in [2.05, 4.69) is 24.1 Å². The van der Waals surface area contributed by atoms with Crippen molar-refractivity contribution in [2.75, 3.05) is 5.32 Å². The summed E-state index contributed by atoms with van der Waals surface area (Å²) in [7, 11) is 0. The molecule has 1 N–H and O–H groups in total. The summed E-state index contributed by atoms with van der Waals surface area (Å²) >= 11 is 0. The molecular formula is C23H25FN2O. The molecule has 0 saturated carbocycles. The van der Waals surface area contributed by atoms with Crippen molar-refractivity contribution in [1.82, 2.24) is 4.98 Å². The monoisotopic (exact) mass is 364 g/mol. The molecule has 0 aliphatic rings. The zero-order valence-corrected chi connectivity index (χ0v) is 16.0. The fourth-order valence-electron chi connectivity index (χ4n) is 3.67. The van der Waals surface area contributed by atoms with Gasteiger partial charge < -0.3 is 5.32 Å². The summed E-state index contributed by atoms with van der Waals surface area (Å²) in [4.78, 5) is 17.3. The number of aromatic nitrogens is 1. The number of pyridine rings is 1. The fourth-order valence-corrected chi connectivity index (χ4v) is 3.67. The van der Waals surface area contributed by atoms with E-state index in [0.29, 0.717) is 28.9 Å². The maximum absolute atomic E-state index is 13.8. The van der Waals surface area contributed by atoms with Crippen LogP contribution in [0.5, 0.6) is 0 Å². The van der Waals surface area contributed by atoms with Crippen LogP contribution in [0.1, 0.15) is 32.8 Å². The highest BCUT2D eigenvalue weighted by atomic mass is 19.1. The SMILES string of the molecule is CC(C)C[C@](C)(Cc1ccccc1)C(=O)Nc1cnc2c(F)cccc2c1. The summed E-state index contributed by atoms with van der Waals surface area (Å²) in [6, 6.07) is 16.6. The van der Waals surface area contributed by atoms with Gasteiger partial charge in [0.2, 0.25) is 5.91 Å². The van der Waals surface area contributed by atoms with E-state index in [0.717, 1.165) is 12.0 Å². The third-order valence-corrected chi connectivity index (χ3v) is 4.76. The third-order valence-electron chi connectivity index (χ3n) is 4.76. The first-order valence-electron chi connectivity index (χ1n) is 9.27. The van der Waals surface area contributed by atoms with Crippen LogP contribution in [-0.4, -0.2) is 10.9 Å². The number of rotatable bonds is 6. The van der Waals surface area contributed by atoms with Gasteiger partial charge in [-0.25, -0.2) is 4.39 Å². The lowest BCUT2D eigenvalue weighted by Gasteiger charge is -2.30. The van der Waals surface area contributed by atoms with E-state index in [1.807, 2.05) is 37.3 Å². The Kier molecular flexibility index (Phi) is 5.54. The Morgan fingerprint density at radius 1 is 1.15 bits per heavy atom. The van der Waals surface area contributed by atoms with Gasteiger partial charge in [-0.3, -0.25) is 9.78 Å². The van der Waals surface area contributed by atoms with Crippen molar-refractivity contribution < 1.29 is 9.18 Å². The van der Waals surface area contributed by atoms with E-state index in [4.69, 9.17) is 0 Å². The maximum Gasteiger partial charge on any atom is 0.230 e. The molecule has 2 aromatic carbocycles. The number of benzene rings is 2.